The van der Waals surface area contributed by atoms with E-state index in [-0.39, 0.29) is 5.91 Å². The summed E-state index contributed by atoms with van der Waals surface area (Å²) in [7, 11) is 0. The van der Waals surface area contributed by atoms with E-state index in [1.165, 1.54) is 0 Å². The maximum Gasteiger partial charge on any atom is 0.408 e. The van der Waals surface area contributed by atoms with Crippen LogP contribution in [0.4, 0.5) is 4.79 Å². The van der Waals surface area contributed by atoms with Gasteiger partial charge in [0.1, 0.15) is 11.6 Å². The van der Waals surface area contributed by atoms with Crippen LogP contribution in [0.5, 0.6) is 0 Å². The topological polar surface area (TPSA) is 67.4 Å². The maximum atomic E-state index is 12.0. The highest BCUT2D eigenvalue weighted by Gasteiger charge is 2.23. The molecule has 2 N–H and O–H groups in total. The van der Waals surface area contributed by atoms with E-state index in [0.717, 1.165) is 11.5 Å². The number of ether oxygens (including phenoxy) is 1. The van der Waals surface area contributed by atoms with Gasteiger partial charge in [0.05, 0.1) is 0 Å². The van der Waals surface area contributed by atoms with Crippen LogP contribution in [0.15, 0.2) is 0 Å². The van der Waals surface area contributed by atoms with E-state index >= 15 is 0 Å². The van der Waals surface area contributed by atoms with Crippen molar-refractivity contribution < 1.29 is 14.3 Å². The fourth-order valence-electron chi connectivity index (χ4n) is 1.35. The van der Waals surface area contributed by atoms with Gasteiger partial charge in [0.15, 0.2) is 0 Å². The minimum Gasteiger partial charge on any atom is -0.444 e. The summed E-state index contributed by atoms with van der Waals surface area (Å²) in [5, 5.41) is 5.46. The summed E-state index contributed by atoms with van der Waals surface area (Å²) in [6.45, 7) is 5.98. The summed E-state index contributed by atoms with van der Waals surface area (Å²) in [4.78, 5) is 23.8. The molecule has 1 unspecified atom stereocenters. The summed E-state index contributed by atoms with van der Waals surface area (Å²) in [5.74, 6) is 1.50. The lowest BCUT2D eigenvalue weighted by atomic mass is 10.2. The van der Waals surface area contributed by atoms with Crippen LogP contribution in [-0.2, 0) is 9.53 Å². The second kappa shape index (κ2) is 10.2. The minimum absolute atomic E-state index is 0.154. The van der Waals surface area contributed by atoms with Crippen molar-refractivity contribution in [1.82, 2.24) is 10.6 Å². The van der Waals surface area contributed by atoms with Gasteiger partial charge in [-0.25, -0.2) is 4.79 Å². The lowest BCUT2D eigenvalue weighted by molar-refractivity contribution is -0.123. The van der Waals surface area contributed by atoms with Gasteiger partial charge in [-0.3, -0.25) is 4.79 Å². The third kappa shape index (κ3) is 10.3. The number of amides is 2. The van der Waals surface area contributed by atoms with Gasteiger partial charge in [-0.15, -0.1) is 0 Å². The molecule has 0 saturated heterocycles. The molecule has 0 radical (unpaired) electrons. The van der Waals surface area contributed by atoms with Gasteiger partial charge in [0, 0.05) is 12.3 Å². The summed E-state index contributed by atoms with van der Waals surface area (Å²) in [6.07, 6.45) is 3.99. The van der Waals surface area contributed by atoms with E-state index in [2.05, 4.69) is 10.6 Å². The normalized spacial score (nSPS) is 12.7. The lowest BCUT2D eigenvalue weighted by Crippen LogP contribution is -2.48. The maximum absolute atomic E-state index is 12.0. The highest BCUT2D eigenvalue weighted by Crippen LogP contribution is 2.08. The van der Waals surface area contributed by atoms with Crippen LogP contribution in [0, 0.1) is 0 Å². The highest BCUT2D eigenvalue weighted by atomic mass is 32.2. The standard InChI is InChI=1S/C13H26N2O3S2/c1-13(2,3)18-12(17)15-10(6-8-19-4)11(16)14-7-9-20-5/h10H,6-9H2,1-5H3,(H,14,16)(H,15,17). The quantitative estimate of drug-likeness (QED) is 0.670. The molecule has 5 nitrogen and oxygen atoms in total. The third-order valence-electron chi connectivity index (χ3n) is 2.22. The third-order valence-corrected chi connectivity index (χ3v) is 3.48. The number of thioether (sulfide) groups is 2. The average molecular weight is 322 g/mol. The van der Waals surface area contributed by atoms with Crippen LogP contribution < -0.4 is 10.6 Å². The van der Waals surface area contributed by atoms with E-state index in [4.69, 9.17) is 4.74 Å². The molecule has 0 aliphatic rings. The van der Waals surface area contributed by atoms with Crippen LogP contribution in [0.25, 0.3) is 0 Å². The Morgan fingerprint density at radius 2 is 1.75 bits per heavy atom. The highest BCUT2D eigenvalue weighted by molar-refractivity contribution is 7.98. The van der Waals surface area contributed by atoms with Gasteiger partial charge in [0.25, 0.3) is 0 Å². The molecular formula is C13H26N2O3S2. The molecule has 0 bridgehead atoms. The SMILES string of the molecule is CSCCNC(=O)C(CCSC)NC(=O)OC(C)(C)C. The van der Waals surface area contributed by atoms with Crippen LogP contribution in [0.2, 0.25) is 0 Å². The molecule has 7 heteroatoms. The van der Waals surface area contributed by atoms with Crippen molar-refractivity contribution in [2.45, 2.75) is 38.8 Å². The smallest absolute Gasteiger partial charge is 0.408 e. The molecule has 0 heterocycles. The molecule has 0 saturated carbocycles. The van der Waals surface area contributed by atoms with Gasteiger partial charge in [-0.05, 0) is 45.5 Å². The second-order valence-electron chi connectivity index (χ2n) is 5.26. The van der Waals surface area contributed by atoms with E-state index in [1.807, 2.05) is 12.5 Å². The van der Waals surface area contributed by atoms with Crippen LogP contribution in [0.3, 0.4) is 0 Å². The Kier molecular flexibility index (Phi) is 9.92. The Bertz CT molecular complexity index is 306. The number of carbonyl (C=O) groups is 2. The van der Waals surface area contributed by atoms with E-state index in [1.54, 1.807) is 44.3 Å². The number of hydrogen-bond donors (Lipinski definition) is 2. The summed E-state index contributed by atoms with van der Waals surface area (Å²) >= 11 is 3.30. The summed E-state index contributed by atoms with van der Waals surface area (Å²) in [5.41, 5.74) is -0.566. The van der Waals surface area contributed by atoms with Crippen LogP contribution in [-0.4, -0.2) is 54.2 Å². The van der Waals surface area contributed by atoms with E-state index in [0.29, 0.717) is 13.0 Å². The van der Waals surface area contributed by atoms with Crippen molar-refractivity contribution in [1.29, 1.82) is 0 Å². The fraction of sp³-hybridized carbons (Fsp3) is 0.846. The van der Waals surface area contributed by atoms with Crippen LogP contribution >= 0.6 is 23.5 Å². The first-order chi connectivity index (χ1) is 9.30. The van der Waals surface area contributed by atoms with Crippen molar-refractivity contribution in [3.05, 3.63) is 0 Å². The Hall–Kier alpha value is -0.560. The van der Waals surface area contributed by atoms with Crippen molar-refractivity contribution in [2.24, 2.45) is 0 Å². The van der Waals surface area contributed by atoms with Gasteiger partial charge >= 0.3 is 6.09 Å². The first kappa shape index (κ1) is 19.4. The molecule has 0 rings (SSSR count). The number of hydrogen-bond acceptors (Lipinski definition) is 5. The molecule has 0 aliphatic carbocycles. The number of rotatable bonds is 8. The molecule has 2 amide bonds. The zero-order chi connectivity index (χ0) is 15.6. The van der Waals surface area contributed by atoms with Gasteiger partial charge in [0.2, 0.25) is 5.91 Å². The molecule has 0 fully saturated rings. The van der Waals surface area contributed by atoms with Crippen molar-refractivity contribution in [3.63, 3.8) is 0 Å². The monoisotopic (exact) mass is 322 g/mol. The molecule has 118 valence electrons. The summed E-state index contributed by atoms with van der Waals surface area (Å²) in [6, 6.07) is -0.542. The van der Waals surface area contributed by atoms with Crippen molar-refractivity contribution in [3.8, 4) is 0 Å². The second-order valence-corrected chi connectivity index (χ2v) is 7.24. The molecule has 1 atom stereocenters. The number of carbonyl (C=O) groups excluding carboxylic acids is 2. The van der Waals surface area contributed by atoms with Gasteiger partial charge in [-0.1, -0.05) is 0 Å². The average Bonchev–Trinajstić information content (AvgIpc) is 2.32. The van der Waals surface area contributed by atoms with Gasteiger partial charge in [-0.2, -0.15) is 23.5 Å². The molecule has 0 aromatic rings. The van der Waals surface area contributed by atoms with E-state index in [9.17, 15) is 9.59 Å². The van der Waals surface area contributed by atoms with Crippen molar-refractivity contribution in [2.75, 3.05) is 30.6 Å². The molecule has 0 aliphatic heterocycles. The fourth-order valence-corrected chi connectivity index (χ4v) is 2.13. The molecule has 0 aromatic heterocycles. The van der Waals surface area contributed by atoms with Crippen molar-refractivity contribution >= 4 is 35.5 Å². The minimum atomic E-state index is -0.566. The number of alkyl carbamates (subject to hydrolysis) is 1. The number of nitrogens with one attached hydrogen (secondary N) is 2. The predicted molar refractivity (Wildman–Crippen MR) is 87.5 cm³/mol. The molecule has 0 aromatic carbocycles. The largest absolute Gasteiger partial charge is 0.444 e. The Labute approximate surface area is 130 Å². The Balaban J connectivity index is 4.39. The Morgan fingerprint density at radius 3 is 2.25 bits per heavy atom. The zero-order valence-corrected chi connectivity index (χ0v) is 14.6. The van der Waals surface area contributed by atoms with Gasteiger partial charge < -0.3 is 15.4 Å². The first-order valence-electron chi connectivity index (χ1n) is 6.55. The molecule has 20 heavy (non-hydrogen) atoms. The molecular weight excluding hydrogens is 296 g/mol. The Morgan fingerprint density at radius 1 is 1.15 bits per heavy atom. The summed E-state index contributed by atoms with van der Waals surface area (Å²) < 4.78 is 5.18. The lowest BCUT2D eigenvalue weighted by Gasteiger charge is -2.23. The van der Waals surface area contributed by atoms with E-state index < -0.39 is 17.7 Å². The molecule has 0 spiro atoms. The first-order valence-corrected chi connectivity index (χ1v) is 9.34. The van der Waals surface area contributed by atoms with Crippen LogP contribution in [0.1, 0.15) is 27.2 Å². The zero-order valence-electron chi connectivity index (χ0n) is 12.9. The predicted octanol–water partition coefficient (Wildman–Crippen LogP) is 2.11.